The van der Waals surface area contributed by atoms with Crippen LogP contribution in [0.4, 0.5) is 0 Å². The first-order valence-corrected chi connectivity index (χ1v) is 37.8. The highest BCUT2D eigenvalue weighted by molar-refractivity contribution is 5.71. The first-order chi connectivity index (χ1) is 41.0. The first-order valence-electron chi connectivity index (χ1n) is 37.8. The third-order valence-electron chi connectivity index (χ3n) is 17.5. The standard InChI is InChI=1S/C77H146O6/c1-4-7-10-13-16-19-22-25-28-30-32-34-35-36-37-38-39-40-41-43-44-46-49-52-55-58-61-64-67-70-76(79)82-73-74(72-81-75(78)69-66-63-60-57-54-51-48-27-24-21-18-15-12-9-6-3)83-77(80)71-68-65-62-59-56-53-50-47-45-42-33-31-29-26-23-20-17-14-11-8-5-2/h23,26,31,33,74H,4-22,24-25,27-30,32,34-73H2,1-3H3/b26-23-,33-31-. The zero-order chi connectivity index (χ0) is 59.9. The van der Waals surface area contributed by atoms with Gasteiger partial charge in [-0.3, -0.25) is 14.4 Å². The molecule has 83 heavy (non-hydrogen) atoms. The van der Waals surface area contributed by atoms with Crippen LogP contribution in [0.2, 0.25) is 0 Å². The van der Waals surface area contributed by atoms with E-state index in [0.717, 1.165) is 64.2 Å². The summed E-state index contributed by atoms with van der Waals surface area (Å²) in [5.74, 6) is -0.834. The summed E-state index contributed by atoms with van der Waals surface area (Å²) in [7, 11) is 0. The van der Waals surface area contributed by atoms with Gasteiger partial charge in [0.05, 0.1) is 0 Å². The Kier molecular flexibility index (Phi) is 70.5. The topological polar surface area (TPSA) is 78.9 Å². The maximum atomic E-state index is 13.0. The first kappa shape index (κ1) is 80.9. The van der Waals surface area contributed by atoms with Gasteiger partial charge < -0.3 is 14.2 Å². The number of carbonyl (C=O) groups excluding carboxylic acids is 3. The van der Waals surface area contributed by atoms with E-state index < -0.39 is 6.10 Å². The summed E-state index contributed by atoms with van der Waals surface area (Å²) in [4.78, 5) is 38.5. The highest BCUT2D eigenvalue weighted by Gasteiger charge is 2.20. The lowest BCUT2D eigenvalue weighted by Crippen LogP contribution is -2.30. The van der Waals surface area contributed by atoms with E-state index in [2.05, 4.69) is 45.1 Å². The summed E-state index contributed by atoms with van der Waals surface area (Å²) < 4.78 is 17.0. The number of carbonyl (C=O) groups is 3. The Morgan fingerprint density at radius 3 is 0.663 bits per heavy atom. The molecule has 0 fully saturated rings. The smallest absolute Gasteiger partial charge is 0.306 e. The van der Waals surface area contributed by atoms with Crippen LogP contribution in [-0.4, -0.2) is 37.2 Å². The fourth-order valence-corrected chi connectivity index (χ4v) is 11.8. The van der Waals surface area contributed by atoms with Gasteiger partial charge in [-0.25, -0.2) is 0 Å². The number of esters is 3. The lowest BCUT2D eigenvalue weighted by molar-refractivity contribution is -0.167. The molecule has 0 bridgehead atoms. The molecule has 0 aromatic heterocycles. The molecule has 490 valence electrons. The highest BCUT2D eigenvalue weighted by Crippen LogP contribution is 2.19. The van der Waals surface area contributed by atoms with Gasteiger partial charge in [-0.05, 0) is 51.4 Å². The average Bonchev–Trinajstić information content (AvgIpc) is 3.49. The second-order valence-corrected chi connectivity index (χ2v) is 25.9. The largest absolute Gasteiger partial charge is 0.462 e. The van der Waals surface area contributed by atoms with Gasteiger partial charge in [-0.1, -0.05) is 385 Å². The second kappa shape index (κ2) is 72.4. The zero-order valence-corrected chi connectivity index (χ0v) is 56.5. The molecule has 0 aliphatic heterocycles. The Morgan fingerprint density at radius 1 is 0.241 bits per heavy atom. The molecule has 0 saturated heterocycles. The van der Waals surface area contributed by atoms with E-state index in [-0.39, 0.29) is 31.1 Å². The normalized spacial score (nSPS) is 12.1. The zero-order valence-electron chi connectivity index (χ0n) is 56.5. The molecular formula is C77H146O6. The van der Waals surface area contributed by atoms with Crippen molar-refractivity contribution in [3.63, 3.8) is 0 Å². The van der Waals surface area contributed by atoms with Crippen LogP contribution >= 0.6 is 0 Å². The molecule has 0 amide bonds. The summed E-state index contributed by atoms with van der Waals surface area (Å²) in [6, 6.07) is 0. The molecule has 0 aliphatic rings. The summed E-state index contributed by atoms with van der Waals surface area (Å²) in [6.45, 7) is 6.72. The summed E-state index contributed by atoms with van der Waals surface area (Å²) in [5, 5.41) is 0. The Labute approximate surface area is 519 Å². The van der Waals surface area contributed by atoms with Gasteiger partial charge in [0.1, 0.15) is 13.2 Å². The van der Waals surface area contributed by atoms with Crippen molar-refractivity contribution in [2.75, 3.05) is 13.2 Å². The molecule has 1 atom stereocenters. The van der Waals surface area contributed by atoms with Crippen molar-refractivity contribution in [3.05, 3.63) is 24.3 Å². The number of rotatable bonds is 71. The average molecular weight is 1170 g/mol. The van der Waals surface area contributed by atoms with Gasteiger partial charge >= 0.3 is 17.9 Å². The fourth-order valence-electron chi connectivity index (χ4n) is 11.8. The molecule has 0 aromatic rings. The fraction of sp³-hybridized carbons (Fsp3) is 0.909. The monoisotopic (exact) mass is 1170 g/mol. The summed E-state index contributed by atoms with van der Waals surface area (Å²) >= 11 is 0. The SMILES string of the molecule is CCCCCCC/C=C\C/C=C\CCCCCCCCCCCC(=O)OC(COC(=O)CCCCCCCCCCCCCCCCC)COC(=O)CCCCCCCCCCCCCCCCCCCCCCCCCCCCCCC. The summed E-state index contributed by atoms with van der Waals surface area (Å²) in [5.41, 5.74) is 0. The molecule has 0 rings (SSSR count). The molecule has 0 aromatic carbocycles. The van der Waals surface area contributed by atoms with E-state index >= 15 is 0 Å². The number of unbranched alkanes of at least 4 members (excludes halogenated alkanes) is 56. The lowest BCUT2D eigenvalue weighted by atomic mass is 10.0. The predicted molar refractivity (Wildman–Crippen MR) is 363 cm³/mol. The van der Waals surface area contributed by atoms with Gasteiger partial charge in [0.25, 0.3) is 0 Å². The van der Waals surface area contributed by atoms with Gasteiger partial charge in [0.2, 0.25) is 0 Å². The quantitative estimate of drug-likeness (QED) is 0.0261. The molecule has 0 aliphatic carbocycles. The van der Waals surface area contributed by atoms with E-state index in [1.165, 1.54) is 327 Å². The molecule has 0 radical (unpaired) electrons. The molecule has 0 N–H and O–H groups in total. The predicted octanol–water partition coefficient (Wildman–Crippen LogP) is 26.1. The number of allylic oxidation sites excluding steroid dienone is 4. The minimum Gasteiger partial charge on any atom is -0.462 e. The van der Waals surface area contributed by atoms with Crippen LogP contribution in [0.15, 0.2) is 24.3 Å². The van der Waals surface area contributed by atoms with Crippen LogP contribution in [0.25, 0.3) is 0 Å². The van der Waals surface area contributed by atoms with Gasteiger partial charge in [-0.15, -0.1) is 0 Å². The molecule has 0 saturated carbocycles. The van der Waals surface area contributed by atoms with E-state index in [1.807, 2.05) is 0 Å². The van der Waals surface area contributed by atoms with E-state index in [4.69, 9.17) is 14.2 Å². The van der Waals surface area contributed by atoms with Crippen LogP contribution in [0, 0.1) is 0 Å². The van der Waals surface area contributed by atoms with Crippen molar-refractivity contribution in [1.82, 2.24) is 0 Å². The van der Waals surface area contributed by atoms with Crippen molar-refractivity contribution in [1.29, 1.82) is 0 Å². The minimum absolute atomic E-state index is 0.0662. The van der Waals surface area contributed by atoms with Crippen LogP contribution in [0.1, 0.15) is 432 Å². The van der Waals surface area contributed by atoms with Crippen LogP contribution in [0.3, 0.4) is 0 Å². The van der Waals surface area contributed by atoms with Crippen LogP contribution in [-0.2, 0) is 28.6 Å². The Balaban J connectivity index is 4.20. The van der Waals surface area contributed by atoms with Crippen LogP contribution in [0.5, 0.6) is 0 Å². The third-order valence-corrected chi connectivity index (χ3v) is 17.5. The minimum atomic E-state index is -0.771. The molecule has 0 heterocycles. The maximum absolute atomic E-state index is 13.0. The Hall–Kier alpha value is -2.11. The molecule has 6 nitrogen and oxygen atoms in total. The van der Waals surface area contributed by atoms with Crippen molar-refractivity contribution < 1.29 is 28.6 Å². The van der Waals surface area contributed by atoms with Gasteiger partial charge in [0, 0.05) is 19.3 Å². The lowest BCUT2D eigenvalue weighted by Gasteiger charge is -2.18. The number of ether oxygens (including phenoxy) is 3. The van der Waals surface area contributed by atoms with Crippen molar-refractivity contribution in [3.8, 4) is 0 Å². The molecule has 6 heteroatoms. The summed E-state index contributed by atoms with van der Waals surface area (Å²) in [6.07, 6.45) is 89.4. The van der Waals surface area contributed by atoms with Crippen molar-refractivity contribution in [2.24, 2.45) is 0 Å². The Bertz CT molecular complexity index is 1340. The Morgan fingerprint density at radius 2 is 0.434 bits per heavy atom. The maximum Gasteiger partial charge on any atom is 0.306 e. The van der Waals surface area contributed by atoms with Gasteiger partial charge in [-0.2, -0.15) is 0 Å². The van der Waals surface area contributed by atoms with Crippen LogP contribution < -0.4 is 0 Å². The van der Waals surface area contributed by atoms with E-state index in [9.17, 15) is 14.4 Å². The molecular weight excluding hydrogens is 1020 g/mol. The van der Waals surface area contributed by atoms with Gasteiger partial charge in [0.15, 0.2) is 6.10 Å². The second-order valence-electron chi connectivity index (χ2n) is 25.9. The van der Waals surface area contributed by atoms with Crippen molar-refractivity contribution in [2.45, 2.75) is 438 Å². The number of hydrogen-bond acceptors (Lipinski definition) is 6. The number of hydrogen-bond donors (Lipinski definition) is 0. The molecule has 1 unspecified atom stereocenters. The van der Waals surface area contributed by atoms with E-state index in [0.29, 0.717) is 19.3 Å². The van der Waals surface area contributed by atoms with E-state index in [1.54, 1.807) is 0 Å². The van der Waals surface area contributed by atoms with Crippen molar-refractivity contribution >= 4 is 17.9 Å². The third kappa shape index (κ3) is 70.5. The highest BCUT2D eigenvalue weighted by atomic mass is 16.6. The molecule has 0 spiro atoms.